The van der Waals surface area contributed by atoms with Gasteiger partial charge in [0.1, 0.15) is 11.9 Å². The van der Waals surface area contributed by atoms with Crippen LogP contribution in [0.25, 0.3) is 0 Å². The van der Waals surface area contributed by atoms with E-state index in [1.54, 1.807) is 12.0 Å². The Bertz CT molecular complexity index is 670. The average molecular weight is 361 g/mol. The number of hydrogen-bond acceptors (Lipinski definition) is 5. The van der Waals surface area contributed by atoms with E-state index >= 15 is 0 Å². The number of aryl methyl sites for hydroxylation is 1. The van der Waals surface area contributed by atoms with E-state index in [9.17, 15) is 9.90 Å². The summed E-state index contributed by atoms with van der Waals surface area (Å²) in [6.07, 6.45) is 5.87. The summed E-state index contributed by atoms with van der Waals surface area (Å²) in [5.74, 6) is 0.796. The quantitative estimate of drug-likeness (QED) is 0.843. The first-order valence-corrected chi connectivity index (χ1v) is 9.56. The first kappa shape index (κ1) is 17.6. The van der Waals surface area contributed by atoms with E-state index in [-0.39, 0.29) is 18.2 Å². The summed E-state index contributed by atoms with van der Waals surface area (Å²) < 4.78 is 16.5. The molecule has 1 amide bonds. The normalized spacial score (nSPS) is 26.4. The van der Waals surface area contributed by atoms with Crippen LogP contribution in [0.2, 0.25) is 0 Å². The van der Waals surface area contributed by atoms with Crippen molar-refractivity contribution in [2.45, 2.75) is 62.7 Å². The lowest BCUT2D eigenvalue weighted by Crippen LogP contribution is -2.41. The number of rotatable bonds is 6. The van der Waals surface area contributed by atoms with Crippen molar-refractivity contribution in [2.75, 3.05) is 25.2 Å². The summed E-state index contributed by atoms with van der Waals surface area (Å²) in [5.41, 5.74) is 1.47. The van der Waals surface area contributed by atoms with Crippen LogP contribution in [0, 0.1) is 0 Å². The fourth-order valence-corrected chi connectivity index (χ4v) is 4.50. The van der Waals surface area contributed by atoms with Crippen molar-refractivity contribution < 1.29 is 24.1 Å². The molecule has 3 aliphatic rings. The molecule has 2 fully saturated rings. The third-order valence-corrected chi connectivity index (χ3v) is 5.93. The van der Waals surface area contributed by atoms with E-state index in [0.29, 0.717) is 19.6 Å². The second-order valence-corrected chi connectivity index (χ2v) is 7.67. The van der Waals surface area contributed by atoms with Crippen LogP contribution in [-0.4, -0.2) is 49.3 Å². The first-order valence-electron chi connectivity index (χ1n) is 9.56. The van der Waals surface area contributed by atoms with Crippen LogP contribution < -0.4 is 9.64 Å². The number of ether oxygens (including phenoxy) is 3. The van der Waals surface area contributed by atoms with Gasteiger partial charge in [0.05, 0.1) is 30.5 Å². The van der Waals surface area contributed by atoms with Crippen molar-refractivity contribution in [3.8, 4) is 5.75 Å². The van der Waals surface area contributed by atoms with Gasteiger partial charge in [0.25, 0.3) is 0 Å². The molecular weight excluding hydrogens is 334 g/mol. The molecule has 2 aliphatic heterocycles. The topological polar surface area (TPSA) is 68.2 Å². The minimum atomic E-state index is -0.545. The van der Waals surface area contributed by atoms with Crippen LogP contribution in [-0.2, 0) is 15.9 Å². The largest absolute Gasteiger partial charge is 0.493 e. The number of carbonyl (C=O) groups is 1. The Labute approximate surface area is 154 Å². The SMILES string of the molecule is COCC1OC(=O)N2c3ccc(OCCC4(O)CCCC4)cc3CCC12. The molecule has 6 heteroatoms. The van der Waals surface area contributed by atoms with Crippen molar-refractivity contribution in [3.05, 3.63) is 23.8 Å². The summed E-state index contributed by atoms with van der Waals surface area (Å²) >= 11 is 0. The number of methoxy groups -OCH3 is 1. The standard InChI is InChI=1S/C20H27NO5/c1-24-13-18-17-6-4-14-12-15(5-7-16(14)21(17)19(22)26-18)25-11-10-20(23)8-2-3-9-20/h5,7,12,17-18,23H,2-4,6,8-11,13H2,1H3. The van der Waals surface area contributed by atoms with Crippen molar-refractivity contribution in [2.24, 2.45) is 0 Å². The molecule has 6 nitrogen and oxygen atoms in total. The smallest absolute Gasteiger partial charge is 0.415 e. The van der Waals surface area contributed by atoms with E-state index in [4.69, 9.17) is 14.2 Å². The zero-order chi connectivity index (χ0) is 18.1. The van der Waals surface area contributed by atoms with Gasteiger partial charge in [0, 0.05) is 13.5 Å². The molecule has 26 heavy (non-hydrogen) atoms. The number of cyclic esters (lactones) is 1. The Hall–Kier alpha value is -1.79. The Kier molecular flexibility index (Phi) is 4.80. The first-order chi connectivity index (χ1) is 12.6. The number of anilines is 1. The van der Waals surface area contributed by atoms with Gasteiger partial charge < -0.3 is 19.3 Å². The fourth-order valence-electron chi connectivity index (χ4n) is 4.50. The lowest BCUT2D eigenvalue weighted by atomic mass is 9.94. The second-order valence-electron chi connectivity index (χ2n) is 7.67. The molecule has 1 saturated carbocycles. The zero-order valence-electron chi connectivity index (χ0n) is 15.3. The number of nitrogens with zero attached hydrogens (tertiary/aromatic N) is 1. The predicted molar refractivity (Wildman–Crippen MR) is 96.7 cm³/mol. The lowest BCUT2D eigenvalue weighted by molar-refractivity contribution is 0.0257. The highest BCUT2D eigenvalue weighted by molar-refractivity contribution is 5.92. The molecule has 1 aromatic carbocycles. The monoisotopic (exact) mass is 361 g/mol. The fraction of sp³-hybridized carbons (Fsp3) is 0.650. The summed E-state index contributed by atoms with van der Waals surface area (Å²) in [4.78, 5) is 14.0. The molecule has 4 rings (SSSR count). The van der Waals surface area contributed by atoms with Gasteiger partial charge in [0.2, 0.25) is 0 Å². The van der Waals surface area contributed by atoms with E-state index in [0.717, 1.165) is 55.5 Å². The van der Waals surface area contributed by atoms with Crippen LogP contribution in [0.5, 0.6) is 5.75 Å². The second kappa shape index (κ2) is 7.08. The lowest BCUT2D eigenvalue weighted by Gasteiger charge is -2.31. The van der Waals surface area contributed by atoms with Crippen LogP contribution >= 0.6 is 0 Å². The highest BCUT2D eigenvalue weighted by atomic mass is 16.6. The van der Waals surface area contributed by atoms with Crippen molar-refractivity contribution in [1.82, 2.24) is 0 Å². The maximum atomic E-state index is 12.3. The van der Waals surface area contributed by atoms with Gasteiger partial charge in [-0.25, -0.2) is 4.79 Å². The number of benzene rings is 1. The molecule has 2 unspecified atom stereocenters. The Morgan fingerprint density at radius 1 is 1.35 bits per heavy atom. The number of fused-ring (bicyclic) bond motifs is 3. The summed E-state index contributed by atoms with van der Waals surface area (Å²) in [7, 11) is 1.62. The molecule has 1 N–H and O–H groups in total. The minimum Gasteiger partial charge on any atom is -0.493 e. The highest BCUT2D eigenvalue weighted by Gasteiger charge is 2.45. The van der Waals surface area contributed by atoms with Gasteiger partial charge in [-0.05, 0) is 49.4 Å². The average Bonchev–Trinajstić information content (AvgIpc) is 3.19. The maximum Gasteiger partial charge on any atom is 0.415 e. The van der Waals surface area contributed by atoms with Crippen molar-refractivity contribution in [3.63, 3.8) is 0 Å². The Morgan fingerprint density at radius 2 is 2.15 bits per heavy atom. The van der Waals surface area contributed by atoms with Crippen LogP contribution in [0.15, 0.2) is 18.2 Å². The highest BCUT2D eigenvalue weighted by Crippen LogP contribution is 2.39. The molecule has 2 heterocycles. The van der Waals surface area contributed by atoms with Gasteiger partial charge in [-0.2, -0.15) is 0 Å². The van der Waals surface area contributed by atoms with Gasteiger partial charge in [-0.15, -0.1) is 0 Å². The molecular formula is C20H27NO5. The summed E-state index contributed by atoms with van der Waals surface area (Å²) in [6, 6.07) is 5.90. The maximum absolute atomic E-state index is 12.3. The van der Waals surface area contributed by atoms with Crippen molar-refractivity contribution >= 4 is 11.8 Å². The third kappa shape index (κ3) is 3.28. The van der Waals surface area contributed by atoms with E-state index in [2.05, 4.69) is 0 Å². The van der Waals surface area contributed by atoms with Crippen LogP contribution in [0.4, 0.5) is 10.5 Å². The van der Waals surface area contributed by atoms with Gasteiger partial charge in [-0.3, -0.25) is 4.90 Å². The Morgan fingerprint density at radius 3 is 2.92 bits per heavy atom. The van der Waals surface area contributed by atoms with E-state index < -0.39 is 5.60 Å². The third-order valence-electron chi connectivity index (χ3n) is 5.93. The van der Waals surface area contributed by atoms with E-state index in [1.807, 2.05) is 18.2 Å². The predicted octanol–water partition coefficient (Wildman–Crippen LogP) is 3.05. The Balaban J connectivity index is 1.42. The zero-order valence-corrected chi connectivity index (χ0v) is 15.3. The molecule has 2 atom stereocenters. The minimum absolute atomic E-state index is 0.0401. The number of carbonyl (C=O) groups excluding carboxylic acids is 1. The van der Waals surface area contributed by atoms with Crippen LogP contribution in [0.3, 0.4) is 0 Å². The summed E-state index contributed by atoms with van der Waals surface area (Å²) in [5, 5.41) is 10.4. The molecule has 0 spiro atoms. The van der Waals surface area contributed by atoms with Crippen LogP contribution in [0.1, 0.15) is 44.1 Å². The van der Waals surface area contributed by atoms with Crippen molar-refractivity contribution in [1.29, 1.82) is 0 Å². The van der Waals surface area contributed by atoms with Gasteiger partial charge in [-0.1, -0.05) is 12.8 Å². The molecule has 1 aliphatic carbocycles. The number of amides is 1. The molecule has 1 saturated heterocycles. The molecule has 142 valence electrons. The molecule has 1 aromatic rings. The molecule has 0 aromatic heterocycles. The molecule has 0 bridgehead atoms. The van der Waals surface area contributed by atoms with Gasteiger partial charge in [0.15, 0.2) is 0 Å². The van der Waals surface area contributed by atoms with E-state index in [1.165, 1.54) is 0 Å². The summed E-state index contributed by atoms with van der Waals surface area (Å²) in [6.45, 7) is 0.936. The molecule has 0 radical (unpaired) electrons. The van der Waals surface area contributed by atoms with Gasteiger partial charge >= 0.3 is 6.09 Å². The number of hydrogen-bond donors (Lipinski definition) is 1. The number of aliphatic hydroxyl groups is 1.